The summed E-state index contributed by atoms with van der Waals surface area (Å²) in [7, 11) is 0. The lowest BCUT2D eigenvalue weighted by Gasteiger charge is -2.24. The summed E-state index contributed by atoms with van der Waals surface area (Å²) in [5.41, 5.74) is 0.598. The van der Waals surface area contributed by atoms with Crippen molar-refractivity contribution in [2.24, 2.45) is 5.41 Å². The monoisotopic (exact) mass is 310 g/mol. The Morgan fingerprint density at radius 3 is 2.00 bits per heavy atom. The van der Waals surface area contributed by atoms with Crippen molar-refractivity contribution in [1.82, 2.24) is 0 Å². The maximum absolute atomic E-state index is 2.47. The minimum absolute atomic E-state index is 0.598. The van der Waals surface area contributed by atoms with Crippen LogP contribution in [0.4, 0.5) is 0 Å². The van der Waals surface area contributed by atoms with E-state index in [0.29, 0.717) is 5.41 Å². The fourth-order valence-electron chi connectivity index (χ4n) is 1.83. The number of hydrogen-bond acceptors (Lipinski definition) is 0. The van der Waals surface area contributed by atoms with Gasteiger partial charge < -0.3 is 0 Å². The largest absolute Gasteiger partial charge is 0.0864 e. The number of alkyl halides is 1. The van der Waals surface area contributed by atoms with E-state index >= 15 is 0 Å². The molecular weight excluding hydrogens is 283 g/mol. The molecule has 0 spiro atoms. The molecule has 0 unspecified atom stereocenters. The van der Waals surface area contributed by atoms with Gasteiger partial charge in [-0.25, -0.2) is 0 Å². The van der Waals surface area contributed by atoms with Crippen LogP contribution in [0, 0.1) is 5.41 Å². The minimum Gasteiger partial charge on any atom is -0.0864 e. The van der Waals surface area contributed by atoms with Gasteiger partial charge in [0.05, 0.1) is 0 Å². The molecule has 0 aromatic heterocycles. The molecule has 86 valence electrons. The van der Waals surface area contributed by atoms with Gasteiger partial charge in [0.2, 0.25) is 0 Å². The molecule has 0 rings (SSSR count). The summed E-state index contributed by atoms with van der Waals surface area (Å²) in [4.78, 5) is 0. The Balaban J connectivity index is 3.35. The van der Waals surface area contributed by atoms with Crippen molar-refractivity contribution in [3.63, 3.8) is 0 Å². The standard InChI is InChI=1S/C13H27I/c1-4-5-10-13(2,3)11-8-6-7-9-12-14/h4-12H2,1-3H3. The second-order valence-electron chi connectivity index (χ2n) is 5.12. The van der Waals surface area contributed by atoms with Crippen LogP contribution in [-0.4, -0.2) is 4.43 Å². The summed E-state index contributed by atoms with van der Waals surface area (Å²) < 4.78 is 1.33. The molecule has 0 saturated carbocycles. The van der Waals surface area contributed by atoms with Crippen LogP contribution >= 0.6 is 22.6 Å². The quantitative estimate of drug-likeness (QED) is 0.296. The Kier molecular flexibility index (Phi) is 9.46. The molecule has 0 aromatic carbocycles. The van der Waals surface area contributed by atoms with E-state index in [1.165, 1.54) is 55.8 Å². The van der Waals surface area contributed by atoms with Gasteiger partial charge in [-0.15, -0.1) is 0 Å². The number of hydrogen-bond donors (Lipinski definition) is 0. The molecule has 0 nitrogen and oxygen atoms in total. The van der Waals surface area contributed by atoms with E-state index in [2.05, 4.69) is 43.4 Å². The van der Waals surface area contributed by atoms with E-state index in [4.69, 9.17) is 0 Å². The molecule has 0 radical (unpaired) electrons. The second kappa shape index (κ2) is 8.99. The predicted molar refractivity (Wildman–Crippen MR) is 75.3 cm³/mol. The van der Waals surface area contributed by atoms with Crippen LogP contribution in [0.3, 0.4) is 0 Å². The predicted octanol–water partition coefficient (Wildman–Crippen LogP) is 5.59. The van der Waals surface area contributed by atoms with Gasteiger partial charge >= 0.3 is 0 Å². The van der Waals surface area contributed by atoms with Gasteiger partial charge in [0.1, 0.15) is 0 Å². The van der Waals surface area contributed by atoms with Crippen LogP contribution in [0.15, 0.2) is 0 Å². The first-order chi connectivity index (χ1) is 6.62. The Morgan fingerprint density at radius 2 is 1.43 bits per heavy atom. The zero-order valence-corrected chi connectivity index (χ0v) is 12.4. The number of rotatable bonds is 9. The lowest BCUT2D eigenvalue weighted by atomic mass is 9.82. The normalized spacial score (nSPS) is 12.0. The van der Waals surface area contributed by atoms with Crippen LogP contribution in [0.5, 0.6) is 0 Å². The summed E-state index contributed by atoms with van der Waals surface area (Å²) in [6.07, 6.45) is 11.3. The molecule has 0 fully saturated rings. The first kappa shape index (κ1) is 14.7. The summed E-state index contributed by atoms with van der Waals surface area (Å²) >= 11 is 2.47. The van der Waals surface area contributed by atoms with Gasteiger partial charge in [-0.05, 0) is 29.1 Å². The van der Waals surface area contributed by atoms with E-state index in [1.54, 1.807) is 0 Å². The highest BCUT2D eigenvalue weighted by Gasteiger charge is 2.15. The number of halogens is 1. The third-order valence-corrected chi connectivity index (χ3v) is 3.71. The molecule has 0 aliphatic rings. The first-order valence-corrected chi connectivity index (χ1v) is 7.71. The van der Waals surface area contributed by atoms with Crippen molar-refractivity contribution < 1.29 is 0 Å². The van der Waals surface area contributed by atoms with E-state index in [1.807, 2.05) is 0 Å². The molecule has 0 atom stereocenters. The molecule has 0 bridgehead atoms. The summed E-state index contributed by atoms with van der Waals surface area (Å²) in [5, 5.41) is 0. The van der Waals surface area contributed by atoms with Gasteiger partial charge in [-0.3, -0.25) is 0 Å². The molecule has 0 aliphatic carbocycles. The number of unbranched alkanes of at least 4 members (excludes halogenated alkanes) is 4. The molecule has 1 heteroatoms. The van der Waals surface area contributed by atoms with Gasteiger partial charge in [-0.1, -0.05) is 75.5 Å². The highest BCUT2D eigenvalue weighted by molar-refractivity contribution is 14.1. The topological polar surface area (TPSA) is 0 Å². The van der Waals surface area contributed by atoms with E-state index < -0.39 is 0 Å². The third-order valence-electron chi connectivity index (χ3n) is 2.94. The third kappa shape index (κ3) is 9.29. The minimum atomic E-state index is 0.598. The molecule has 0 heterocycles. The smallest absolute Gasteiger partial charge is 0.000473 e. The molecule has 0 aliphatic heterocycles. The second-order valence-corrected chi connectivity index (χ2v) is 6.20. The zero-order valence-electron chi connectivity index (χ0n) is 10.2. The molecule has 0 amide bonds. The van der Waals surface area contributed by atoms with Crippen LogP contribution in [0.2, 0.25) is 0 Å². The molecule has 0 saturated heterocycles. The van der Waals surface area contributed by atoms with Gasteiger partial charge in [0.25, 0.3) is 0 Å². The van der Waals surface area contributed by atoms with Crippen molar-refractivity contribution in [1.29, 1.82) is 0 Å². The Labute approximate surface area is 104 Å². The summed E-state index contributed by atoms with van der Waals surface area (Å²) in [5.74, 6) is 0. The highest BCUT2D eigenvalue weighted by atomic mass is 127. The summed E-state index contributed by atoms with van der Waals surface area (Å²) in [6, 6.07) is 0. The highest BCUT2D eigenvalue weighted by Crippen LogP contribution is 2.29. The Morgan fingerprint density at radius 1 is 0.857 bits per heavy atom. The fraction of sp³-hybridized carbons (Fsp3) is 1.00. The van der Waals surface area contributed by atoms with Crippen LogP contribution in [-0.2, 0) is 0 Å². The van der Waals surface area contributed by atoms with Crippen molar-refractivity contribution in [2.75, 3.05) is 4.43 Å². The molecular formula is C13H27I. The zero-order chi connectivity index (χ0) is 10.9. The summed E-state index contributed by atoms with van der Waals surface area (Å²) in [6.45, 7) is 7.15. The molecule has 0 N–H and O–H groups in total. The molecule has 14 heavy (non-hydrogen) atoms. The van der Waals surface area contributed by atoms with Gasteiger partial charge in [0.15, 0.2) is 0 Å². The van der Waals surface area contributed by atoms with Crippen molar-refractivity contribution in [3.05, 3.63) is 0 Å². The SMILES string of the molecule is CCCCC(C)(C)CCCCCCI. The van der Waals surface area contributed by atoms with Crippen LogP contribution in [0.25, 0.3) is 0 Å². The van der Waals surface area contributed by atoms with Gasteiger partial charge in [-0.2, -0.15) is 0 Å². The maximum Gasteiger partial charge on any atom is -0.000473 e. The van der Waals surface area contributed by atoms with Crippen molar-refractivity contribution in [3.8, 4) is 0 Å². The van der Waals surface area contributed by atoms with Gasteiger partial charge in [0, 0.05) is 0 Å². The lowest BCUT2D eigenvalue weighted by Crippen LogP contribution is -2.10. The lowest BCUT2D eigenvalue weighted by molar-refractivity contribution is 0.286. The average Bonchev–Trinajstić information content (AvgIpc) is 2.15. The van der Waals surface area contributed by atoms with E-state index in [0.717, 1.165) is 0 Å². The average molecular weight is 310 g/mol. The first-order valence-electron chi connectivity index (χ1n) is 6.18. The van der Waals surface area contributed by atoms with Crippen molar-refractivity contribution >= 4 is 22.6 Å². The van der Waals surface area contributed by atoms with Crippen LogP contribution in [0.1, 0.15) is 72.1 Å². The van der Waals surface area contributed by atoms with Crippen LogP contribution < -0.4 is 0 Å². The van der Waals surface area contributed by atoms with E-state index in [9.17, 15) is 0 Å². The Hall–Kier alpha value is 0.730. The Bertz CT molecular complexity index is 118. The molecule has 0 aromatic rings. The maximum atomic E-state index is 2.47. The van der Waals surface area contributed by atoms with E-state index in [-0.39, 0.29) is 0 Å². The fourth-order valence-corrected chi connectivity index (χ4v) is 2.37. The van der Waals surface area contributed by atoms with Crippen molar-refractivity contribution in [2.45, 2.75) is 72.1 Å².